The number of carbonyl (C=O) groups excluding carboxylic acids is 1. The second-order valence-corrected chi connectivity index (χ2v) is 8.44. The molecule has 0 spiro atoms. The van der Waals surface area contributed by atoms with E-state index < -0.39 is 0 Å². The molecule has 1 aliphatic heterocycles. The zero-order valence-corrected chi connectivity index (χ0v) is 18.9. The van der Waals surface area contributed by atoms with Gasteiger partial charge in [0.25, 0.3) is 5.91 Å². The second kappa shape index (κ2) is 10.1. The van der Waals surface area contributed by atoms with Gasteiger partial charge in [-0.05, 0) is 36.4 Å². The molecule has 6 nitrogen and oxygen atoms in total. The van der Waals surface area contributed by atoms with E-state index in [9.17, 15) is 4.79 Å². The number of carbonyl (C=O) groups is 1. The van der Waals surface area contributed by atoms with Gasteiger partial charge in [0.2, 0.25) is 0 Å². The van der Waals surface area contributed by atoms with Crippen LogP contribution in [0, 0.1) is 0 Å². The first-order valence-corrected chi connectivity index (χ1v) is 11.4. The van der Waals surface area contributed by atoms with E-state index in [4.69, 9.17) is 21.1 Å². The lowest BCUT2D eigenvalue weighted by Crippen LogP contribution is -2.49. The van der Waals surface area contributed by atoms with Crippen LogP contribution in [-0.2, 0) is 0 Å². The molecule has 1 amide bonds. The summed E-state index contributed by atoms with van der Waals surface area (Å²) >= 11 is 7.60. The molecular formula is C23H24ClN3O3S. The van der Waals surface area contributed by atoms with Crippen molar-refractivity contribution in [2.24, 2.45) is 0 Å². The average molecular weight is 458 g/mol. The van der Waals surface area contributed by atoms with Crippen LogP contribution < -0.4 is 9.47 Å². The van der Waals surface area contributed by atoms with Crippen LogP contribution >= 0.6 is 22.9 Å². The third kappa shape index (κ3) is 5.36. The highest BCUT2D eigenvalue weighted by Gasteiger charge is 2.24. The Kier molecular flexibility index (Phi) is 7.06. The summed E-state index contributed by atoms with van der Waals surface area (Å²) in [6, 6.07) is 15.2. The van der Waals surface area contributed by atoms with Gasteiger partial charge in [0.15, 0.2) is 0 Å². The number of benzene rings is 2. The van der Waals surface area contributed by atoms with E-state index in [1.165, 1.54) is 11.3 Å². The molecule has 0 atom stereocenters. The van der Waals surface area contributed by atoms with Crippen LogP contribution in [0.15, 0.2) is 53.9 Å². The summed E-state index contributed by atoms with van der Waals surface area (Å²) in [5, 5.41) is 3.29. The normalized spacial score (nSPS) is 14.5. The van der Waals surface area contributed by atoms with E-state index >= 15 is 0 Å². The van der Waals surface area contributed by atoms with Crippen molar-refractivity contribution in [3.05, 3.63) is 64.6 Å². The van der Waals surface area contributed by atoms with Crippen LogP contribution in [0.3, 0.4) is 0 Å². The lowest BCUT2D eigenvalue weighted by molar-refractivity contribution is 0.0615. The first kappa shape index (κ1) is 21.6. The van der Waals surface area contributed by atoms with E-state index in [0.717, 1.165) is 36.0 Å². The number of piperazine rings is 1. The van der Waals surface area contributed by atoms with Gasteiger partial charge in [-0.3, -0.25) is 9.69 Å². The Hall–Kier alpha value is -2.61. The summed E-state index contributed by atoms with van der Waals surface area (Å²) in [5.41, 5.74) is 1.49. The largest absolute Gasteiger partial charge is 0.497 e. The number of hydrogen-bond donors (Lipinski definition) is 0. The van der Waals surface area contributed by atoms with E-state index in [2.05, 4.69) is 9.88 Å². The Bertz CT molecular complexity index is 1020. The molecule has 0 N–H and O–H groups in total. The lowest BCUT2D eigenvalue weighted by atomic mass is 10.2. The number of thiazole rings is 1. The quantitative estimate of drug-likeness (QED) is 0.529. The van der Waals surface area contributed by atoms with Gasteiger partial charge >= 0.3 is 0 Å². The van der Waals surface area contributed by atoms with Crippen molar-refractivity contribution in [1.29, 1.82) is 0 Å². The molecule has 162 valence electrons. The molecule has 0 bridgehead atoms. The van der Waals surface area contributed by atoms with Crippen molar-refractivity contribution in [2.45, 2.75) is 0 Å². The van der Waals surface area contributed by atoms with E-state index in [1.807, 2.05) is 58.8 Å². The number of amides is 1. The highest BCUT2D eigenvalue weighted by molar-refractivity contribution is 7.13. The van der Waals surface area contributed by atoms with Gasteiger partial charge in [-0.2, -0.15) is 0 Å². The zero-order valence-electron chi connectivity index (χ0n) is 17.3. The zero-order chi connectivity index (χ0) is 21.6. The maximum absolute atomic E-state index is 12.9. The maximum atomic E-state index is 12.9. The predicted molar refractivity (Wildman–Crippen MR) is 123 cm³/mol. The molecule has 0 unspecified atom stereocenters. The number of aromatic nitrogens is 1. The highest BCUT2D eigenvalue weighted by Crippen LogP contribution is 2.26. The smallest absolute Gasteiger partial charge is 0.273 e. The fourth-order valence-corrected chi connectivity index (χ4v) is 4.41. The monoisotopic (exact) mass is 457 g/mol. The summed E-state index contributed by atoms with van der Waals surface area (Å²) in [4.78, 5) is 21.6. The molecule has 0 aliphatic carbocycles. The molecule has 8 heteroatoms. The molecule has 0 saturated carbocycles. The van der Waals surface area contributed by atoms with Crippen LogP contribution in [0.25, 0.3) is 10.6 Å². The number of rotatable bonds is 7. The van der Waals surface area contributed by atoms with Crippen LogP contribution in [0.5, 0.6) is 11.5 Å². The van der Waals surface area contributed by atoms with Gasteiger partial charge in [-0.15, -0.1) is 11.3 Å². The predicted octanol–water partition coefficient (Wildman–Crippen LogP) is 4.31. The Labute approximate surface area is 191 Å². The first-order chi connectivity index (χ1) is 15.1. The summed E-state index contributed by atoms with van der Waals surface area (Å²) < 4.78 is 11.0. The summed E-state index contributed by atoms with van der Waals surface area (Å²) in [6.07, 6.45) is 0. The number of halogens is 1. The van der Waals surface area contributed by atoms with E-state index in [1.54, 1.807) is 7.11 Å². The average Bonchev–Trinajstić information content (AvgIpc) is 3.31. The maximum Gasteiger partial charge on any atom is 0.273 e. The molecule has 0 radical (unpaired) electrons. The van der Waals surface area contributed by atoms with Crippen molar-refractivity contribution >= 4 is 28.8 Å². The van der Waals surface area contributed by atoms with Gasteiger partial charge < -0.3 is 14.4 Å². The van der Waals surface area contributed by atoms with Crippen molar-refractivity contribution in [2.75, 3.05) is 46.4 Å². The third-order valence-electron chi connectivity index (χ3n) is 5.22. The molecule has 4 rings (SSSR count). The van der Waals surface area contributed by atoms with Crippen LogP contribution in [0.4, 0.5) is 0 Å². The van der Waals surface area contributed by atoms with Gasteiger partial charge in [-0.1, -0.05) is 23.7 Å². The molecule has 3 aromatic rings. The third-order valence-corrected chi connectivity index (χ3v) is 6.43. The lowest BCUT2D eigenvalue weighted by Gasteiger charge is -2.34. The fraction of sp³-hybridized carbons (Fsp3) is 0.304. The minimum absolute atomic E-state index is 0.0111. The van der Waals surface area contributed by atoms with Crippen LogP contribution in [0.1, 0.15) is 10.5 Å². The second-order valence-electron chi connectivity index (χ2n) is 7.18. The minimum Gasteiger partial charge on any atom is -0.497 e. The summed E-state index contributed by atoms with van der Waals surface area (Å²) in [6.45, 7) is 4.35. The minimum atomic E-state index is -0.0111. The molecule has 2 heterocycles. The van der Waals surface area contributed by atoms with Gasteiger partial charge in [0.05, 0.1) is 12.1 Å². The van der Waals surface area contributed by atoms with Crippen LogP contribution in [0.2, 0.25) is 5.02 Å². The SMILES string of the molecule is COc1ccc(-c2nc(C(=O)N3CCN(CCOc4ccccc4Cl)CC3)cs2)cc1. The Morgan fingerprint density at radius 2 is 1.84 bits per heavy atom. The van der Waals surface area contributed by atoms with Crippen LogP contribution in [-0.4, -0.2) is 67.1 Å². The summed E-state index contributed by atoms with van der Waals surface area (Å²) in [7, 11) is 1.64. The number of hydrogen-bond acceptors (Lipinski definition) is 6. The first-order valence-electron chi connectivity index (χ1n) is 10.1. The van der Waals surface area contributed by atoms with E-state index in [-0.39, 0.29) is 5.91 Å². The molecule has 1 saturated heterocycles. The van der Waals surface area contributed by atoms with Crippen molar-refractivity contribution in [1.82, 2.24) is 14.8 Å². The number of para-hydroxylation sites is 1. The molecular weight excluding hydrogens is 434 g/mol. The van der Waals surface area contributed by atoms with Gasteiger partial charge in [-0.25, -0.2) is 4.98 Å². The highest BCUT2D eigenvalue weighted by atomic mass is 35.5. The molecule has 1 aliphatic rings. The Morgan fingerprint density at radius 3 is 2.55 bits per heavy atom. The summed E-state index contributed by atoms with van der Waals surface area (Å²) in [5.74, 6) is 1.49. The number of nitrogens with zero attached hydrogens (tertiary/aromatic N) is 3. The Balaban J connectivity index is 1.26. The number of methoxy groups -OCH3 is 1. The van der Waals surface area contributed by atoms with Crippen molar-refractivity contribution in [3.8, 4) is 22.1 Å². The number of ether oxygens (including phenoxy) is 2. The molecule has 31 heavy (non-hydrogen) atoms. The van der Waals surface area contributed by atoms with Gasteiger partial charge in [0, 0.05) is 43.7 Å². The van der Waals surface area contributed by atoms with Crippen molar-refractivity contribution in [3.63, 3.8) is 0 Å². The van der Waals surface area contributed by atoms with Crippen molar-refractivity contribution < 1.29 is 14.3 Å². The standard InChI is InChI=1S/C23H24ClN3O3S/c1-29-18-8-6-17(7-9-18)22-25-20(16-31-22)23(28)27-12-10-26(11-13-27)14-15-30-21-5-3-2-4-19(21)24/h2-9,16H,10-15H2,1H3. The van der Waals surface area contributed by atoms with Gasteiger partial charge in [0.1, 0.15) is 28.8 Å². The van der Waals surface area contributed by atoms with E-state index in [0.29, 0.717) is 36.2 Å². The molecule has 1 fully saturated rings. The fourth-order valence-electron chi connectivity index (χ4n) is 3.42. The Morgan fingerprint density at radius 1 is 1.10 bits per heavy atom. The molecule has 2 aromatic carbocycles. The molecule has 1 aromatic heterocycles. The topological polar surface area (TPSA) is 54.9 Å².